The first-order valence-corrected chi connectivity index (χ1v) is 8.48. The predicted molar refractivity (Wildman–Crippen MR) is 96.7 cm³/mol. The molecule has 1 saturated heterocycles. The number of amides is 3. The standard InChI is InChI=1S/C19H15N7O2/c1-19(15-3-2-4-16(9-15)26-12-21-23-24-26)17(27)25(18(28)22-19)11-14-7-5-13(10-20)6-8-14/h2-9,12H,11H2,1H3,(H,22,28)/t19-/m0/s1. The molecule has 0 spiro atoms. The maximum atomic E-state index is 13.1. The van der Waals surface area contributed by atoms with Gasteiger partial charge >= 0.3 is 6.03 Å². The van der Waals surface area contributed by atoms with Crippen molar-refractivity contribution < 1.29 is 9.59 Å². The Balaban J connectivity index is 1.62. The fourth-order valence-corrected chi connectivity index (χ4v) is 3.14. The van der Waals surface area contributed by atoms with Crippen LogP contribution >= 0.6 is 0 Å². The molecule has 0 aliphatic carbocycles. The summed E-state index contributed by atoms with van der Waals surface area (Å²) in [6.45, 7) is 1.80. The van der Waals surface area contributed by atoms with Crippen molar-refractivity contribution in [2.45, 2.75) is 19.0 Å². The molecule has 1 N–H and O–H groups in total. The first-order chi connectivity index (χ1) is 13.5. The molecule has 1 atom stereocenters. The van der Waals surface area contributed by atoms with Gasteiger partial charge in [-0.05, 0) is 52.7 Å². The van der Waals surface area contributed by atoms with Gasteiger partial charge < -0.3 is 5.32 Å². The average molecular weight is 373 g/mol. The third-order valence-electron chi connectivity index (χ3n) is 4.74. The number of benzene rings is 2. The van der Waals surface area contributed by atoms with Crippen molar-refractivity contribution in [1.29, 1.82) is 5.26 Å². The molecular formula is C19H15N7O2. The SMILES string of the molecule is C[C@@]1(c2cccc(-n3cnnn3)c2)NC(=O)N(Cc2ccc(C#N)cc2)C1=O. The summed E-state index contributed by atoms with van der Waals surface area (Å²) in [5.74, 6) is -0.351. The maximum Gasteiger partial charge on any atom is 0.325 e. The second kappa shape index (κ2) is 6.59. The zero-order chi connectivity index (χ0) is 19.7. The zero-order valence-electron chi connectivity index (χ0n) is 14.9. The van der Waals surface area contributed by atoms with Crippen molar-refractivity contribution >= 4 is 11.9 Å². The highest BCUT2D eigenvalue weighted by atomic mass is 16.2. The van der Waals surface area contributed by atoms with E-state index < -0.39 is 11.6 Å². The van der Waals surface area contributed by atoms with Crippen molar-refractivity contribution in [2.75, 3.05) is 0 Å². The molecule has 0 saturated carbocycles. The smallest absolute Gasteiger partial charge is 0.319 e. The Labute approximate surface area is 160 Å². The van der Waals surface area contributed by atoms with Gasteiger partial charge in [0.15, 0.2) is 0 Å². The summed E-state index contributed by atoms with van der Waals surface area (Å²) in [5, 5.41) is 22.7. The Hall–Kier alpha value is -4.06. The third-order valence-corrected chi connectivity index (χ3v) is 4.74. The summed E-state index contributed by atoms with van der Waals surface area (Å²) in [6.07, 6.45) is 1.45. The van der Waals surface area contributed by atoms with E-state index >= 15 is 0 Å². The zero-order valence-corrected chi connectivity index (χ0v) is 14.9. The van der Waals surface area contributed by atoms with Gasteiger partial charge in [-0.3, -0.25) is 9.69 Å². The number of imide groups is 1. The fraction of sp³-hybridized carbons (Fsp3) is 0.158. The molecule has 2 heterocycles. The van der Waals surface area contributed by atoms with Crippen LogP contribution in [0.15, 0.2) is 54.9 Å². The number of hydrogen-bond acceptors (Lipinski definition) is 6. The van der Waals surface area contributed by atoms with E-state index in [1.165, 1.54) is 15.9 Å². The van der Waals surface area contributed by atoms with Gasteiger partial charge in [-0.25, -0.2) is 9.48 Å². The van der Waals surface area contributed by atoms with Gasteiger partial charge in [0.05, 0.1) is 23.9 Å². The Morgan fingerprint density at radius 1 is 1.18 bits per heavy atom. The molecule has 0 bridgehead atoms. The monoisotopic (exact) mass is 373 g/mol. The lowest BCUT2D eigenvalue weighted by atomic mass is 9.91. The van der Waals surface area contributed by atoms with Crippen LogP contribution in [0, 0.1) is 11.3 Å². The van der Waals surface area contributed by atoms with Gasteiger partial charge in [0, 0.05) is 0 Å². The Bertz CT molecular complexity index is 1090. The molecule has 1 aromatic heterocycles. The van der Waals surface area contributed by atoms with E-state index in [4.69, 9.17) is 5.26 Å². The maximum absolute atomic E-state index is 13.1. The molecule has 9 heteroatoms. The number of carbonyl (C=O) groups excluding carboxylic acids is 2. The molecular weight excluding hydrogens is 358 g/mol. The van der Waals surface area contributed by atoms with E-state index in [1.54, 1.807) is 55.5 Å². The summed E-state index contributed by atoms with van der Waals surface area (Å²) < 4.78 is 1.47. The molecule has 28 heavy (non-hydrogen) atoms. The van der Waals surface area contributed by atoms with Crippen LogP contribution in [0.25, 0.3) is 5.69 Å². The van der Waals surface area contributed by atoms with Crippen molar-refractivity contribution in [3.8, 4) is 11.8 Å². The quantitative estimate of drug-likeness (QED) is 0.693. The number of nitriles is 1. The molecule has 1 aliphatic heterocycles. The van der Waals surface area contributed by atoms with E-state index in [9.17, 15) is 9.59 Å². The first kappa shape index (κ1) is 17.4. The minimum atomic E-state index is -1.20. The molecule has 138 valence electrons. The van der Waals surface area contributed by atoms with Gasteiger partial charge in [-0.1, -0.05) is 24.3 Å². The molecule has 3 aromatic rings. The van der Waals surface area contributed by atoms with Crippen LogP contribution in [-0.2, 0) is 16.9 Å². The van der Waals surface area contributed by atoms with Crippen molar-refractivity contribution in [3.63, 3.8) is 0 Å². The summed E-state index contributed by atoms with van der Waals surface area (Å²) in [5.41, 5.74) is 1.38. The topological polar surface area (TPSA) is 117 Å². The number of tetrazole rings is 1. The average Bonchev–Trinajstić information content (AvgIpc) is 3.33. The van der Waals surface area contributed by atoms with E-state index in [2.05, 4.69) is 20.8 Å². The number of hydrogen-bond donors (Lipinski definition) is 1. The predicted octanol–water partition coefficient (Wildman–Crippen LogP) is 1.50. The summed E-state index contributed by atoms with van der Waals surface area (Å²) in [4.78, 5) is 26.8. The molecule has 4 rings (SSSR count). The molecule has 1 aliphatic rings. The van der Waals surface area contributed by atoms with Gasteiger partial charge in [-0.2, -0.15) is 5.26 Å². The minimum absolute atomic E-state index is 0.124. The van der Waals surface area contributed by atoms with Crippen LogP contribution in [0.5, 0.6) is 0 Å². The van der Waals surface area contributed by atoms with E-state index in [0.29, 0.717) is 16.8 Å². The molecule has 0 unspecified atom stereocenters. The molecule has 9 nitrogen and oxygen atoms in total. The van der Waals surface area contributed by atoms with Crippen LogP contribution in [0.3, 0.4) is 0 Å². The molecule has 1 fully saturated rings. The van der Waals surface area contributed by atoms with Crippen molar-refractivity contribution in [3.05, 3.63) is 71.5 Å². The van der Waals surface area contributed by atoms with Gasteiger partial charge in [0.1, 0.15) is 11.9 Å². The van der Waals surface area contributed by atoms with Crippen molar-refractivity contribution in [2.24, 2.45) is 0 Å². The van der Waals surface area contributed by atoms with Crippen molar-refractivity contribution in [1.82, 2.24) is 30.4 Å². The van der Waals surface area contributed by atoms with Gasteiger partial charge in [0.2, 0.25) is 0 Å². The van der Waals surface area contributed by atoms with E-state index in [0.717, 1.165) is 5.56 Å². The number of nitrogens with one attached hydrogen (secondary N) is 1. The van der Waals surface area contributed by atoms with Crippen LogP contribution in [0.2, 0.25) is 0 Å². The van der Waals surface area contributed by atoms with Crippen LogP contribution < -0.4 is 5.32 Å². The number of aromatic nitrogens is 4. The molecule has 2 aromatic carbocycles. The summed E-state index contributed by atoms with van der Waals surface area (Å²) >= 11 is 0. The number of nitrogens with zero attached hydrogens (tertiary/aromatic N) is 6. The second-order valence-electron chi connectivity index (χ2n) is 6.56. The Morgan fingerprint density at radius 3 is 2.64 bits per heavy atom. The number of rotatable bonds is 4. The third kappa shape index (κ3) is 2.87. The highest BCUT2D eigenvalue weighted by Gasteiger charge is 2.49. The highest BCUT2D eigenvalue weighted by molar-refractivity contribution is 6.07. The molecule has 3 amide bonds. The highest BCUT2D eigenvalue weighted by Crippen LogP contribution is 2.30. The Kier molecular flexibility index (Phi) is 4.08. The lowest BCUT2D eigenvalue weighted by Gasteiger charge is -2.23. The van der Waals surface area contributed by atoms with Gasteiger partial charge in [0.25, 0.3) is 5.91 Å². The van der Waals surface area contributed by atoms with Crippen LogP contribution in [0.4, 0.5) is 4.79 Å². The van der Waals surface area contributed by atoms with E-state index in [1.807, 2.05) is 6.07 Å². The summed E-state index contributed by atoms with van der Waals surface area (Å²) in [7, 11) is 0. The Morgan fingerprint density at radius 2 is 1.96 bits per heavy atom. The number of carbonyl (C=O) groups is 2. The molecule has 0 radical (unpaired) electrons. The normalized spacial score (nSPS) is 18.8. The summed E-state index contributed by atoms with van der Waals surface area (Å²) in [6, 6.07) is 15.5. The second-order valence-corrected chi connectivity index (χ2v) is 6.56. The van der Waals surface area contributed by atoms with Crippen LogP contribution in [0.1, 0.15) is 23.6 Å². The fourth-order valence-electron chi connectivity index (χ4n) is 3.14. The largest absolute Gasteiger partial charge is 0.325 e. The number of urea groups is 1. The lowest BCUT2D eigenvalue weighted by Crippen LogP contribution is -2.40. The first-order valence-electron chi connectivity index (χ1n) is 8.48. The lowest BCUT2D eigenvalue weighted by molar-refractivity contribution is -0.131. The van der Waals surface area contributed by atoms with Crippen LogP contribution in [-0.4, -0.2) is 37.0 Å². The minimum Gasteiger partial charge on any atom is -0.319 e. The van der Waals surface area contributed by atoms with E-state index in [-0.39, 0.29) is 12.5 Å². The van der Waals surface area contributed by atoms with Gasteiger partial charge in [-0.15, -0.1) is 5.10 Å².